The summed E-state index contributed by atoms with van der Waals surface area (Å²) in [5.74, 6) is 0.0268. The molecule has 34 heavy (non-hydrogen) atoms. The molecule has 2 heterocycles. The first-order chi connectivity index (χ1) is 16.1. The quantitative estimate of drug-likeness (QED) is 0.289. The summed E-state index contributed by atoms with van der Waals surface area (Å²) >= 11 is 14.0. The number of fused-ring (bicyclic) bond motifs is 1. The van der Waals surface area contributed by atoms with Crippen LogP contribution in [0.2, 0.25) is 10.0 Å². The first-order valence-corrected chi connectivity index (χ1v) is 12.6. The van der Waals surface area contributed by atoms with Crippen molar-refractivity contribution < 1.29 is 4.79 Å². The minimum Gasteiger partial charge on any atom is -0.294 e. The molecular weight excluding hydrogens is 487 g/mol. The van der Waals surface area contributed by atoms with Crippen LogP contribution in [0.25, 0.3) is 27.5 Å². The van der Waals surface area contributed by atoms with E-state index in [1.165, 1.54) is 11.3 Å². The summed E-state index contributed by atoms with van der Waals surface area (Å²) in [6.45, 7) is 6.05. The molecule has 0 saturated carbocycles. The SMILES string of the molecule is Cc1ccc(-n2c3c(cc(-c4nc(-c5ccc(Cl)cc5)cs4)c2=O)C(=O)CC(C)(C)C3)c(Cl)c1. The molecule has 0 aliphatic heterocycles. The van der Waals surface area contributed by atoms with E-state index in [4.69, 9.17) is 28.2 Å². The Morgan fingerprint density at radius 1 is 0.971 bits per heavy atom. The van der Waals surface area contributed by atoms with Crippen molar-refractivity contribution in [1.82, 2.24) is 9.55 Å². The first kappa shape index (κ1) is 23.0. The molecule has 5 rings (SSSR count). The number of aryl methyl sites for hydroxylation is 1. The third-order valence-electron chi connectivity index (χ3n) is 6.11. The van der Waals surface area contributed by atoms with Gasteiger partial charge in [0.2, 0.25) is 0 Å². The predicted molar refractivity (Wildman–Crippen MR) is 140 cm³/mol. The van der Waals surface area contributed by atoms with Crippen molar-refractivity contribution in [3.8, 4) is 27.5 Å². The Labute approximate surface area is 211 Å². The molecule has 2 aromatic carbocycles. The van der Waals surface area contributed by atoms with Gasteiger partial charge in [0, 0.05) is 33.6 Å². The summed E-state index contributed by atoms with van der Waals surface area (Å²) in [4.78, 5) is 31.9. The second-order valence-corrected chi connectivity index (χ2v) is 11.2. The number of aromatic nitrogens is 2. The number of pyridine rings is 1. The Kier molecular flexibility index (Phi) is 5.75. The van der Waals surface area contributed by atoms with Crippen LogP contribution in [0.5, 0.6) is 0 Å². The number of hydrogen-bond acceptors (Lipinski definition) is 4. The van der Waals surface area contributed by atoms with Crippen LogP contribution in [0.3, 0.4) is 0 Å². The third-order valence-corrected chi connectivity index (χ3v) is 7.54. The molecular formula is C27H22Cl2N2O2S. The average molecular weight is 509 g/mol. The Bertz CT molecular complexity index is 1500. The van der Waals surface area contributed by atoms with E-state index in [9.17, 15) is 9.59 Å². The summed E-state index contributed by atoms with van der Waals surface area (Å²) < 4.78 is 1.62. The number of thiazole rings is 1. The van der Waals surface area contributed by atoms with Crippen molar-refractivity contribution in [3.63, 3.8) is 0 Å². The molecule has 0 N–H and O–H groups in total. The van der Waals surface area contributed by atoms with Gasteiger partial charge < -0.3 is 0 Å². The molecule has 0 fully saturated rings. The van der Waals surface area contributed by atoms with Crippen molar-refractivity contribution >= 4 is 40.3 Å². The number of benzene rings is 2. The Morgan fingerprint density at radius 3 is 2.41 bits per heavy atom. The maximum absolute atomic E-state index is 13.9. The van der Waals surface area contributed by atoms with Crippen LogP contribution in [-0.4, -0.2) is 15.3 Å². The van der Waals surface area contributed by atoms with E-state index in [2.05, 4.69) is 0 Å². The molecule has 0 atom stereocenters. The van der Waals surface area contributed by atoms with Crippen LogP contribution in [0.15, 0.2) is 58.7 Å². The maximum Gasteiger partial charge on any atom is 0.265 e. The molecule has 0 bridgehead atoms. The fraction of sp³-hybridized carbons (Fsp3) is 0.222. The van der Waals surface area contributed by atoms with E-state index in [0.29, 0.717) is 50.4 Å². The van der Waals surface area contributed by atoms with Gasteiger partial charge in [-0.2, -0.15) is 0 Å². The minimum absolute atomic E-state index is 0.0268. The van der Waals surface area contributed by atoms with E-state index in [1.54, 1.807) is 10.6 Å². The van der Waals surface area contributed by atoms with Crippen molar-refractivity contribution in [2.45, 2.75) is 33.6 Å². The molecule has 4 aromatic rings. The number of nitrogens with zero attached hydrogens (tertiary/aromatic N) is 2. The van der Waals surface area contributed by atoms with E-state index >= 15 is 0 Å². The highest BCUT2D eigenvalue weighted by molar-refractivity contribution is 7.13. The number of halogens is 2. The Hall–Kier alpha value is -2.73. The molecule has 2 aromatic heterocycles. The number of carbonyl (C=O) groups is 1. The lowest BCUT2D eigenvalue weighted by molar-refractivity contribution is 0.0909. The molecule has 0 unspecified atom stereocenters. The van der Waals surface area contributed by atoms with Gasteiger partial charge in [-0.1, -0.05) is 55.2 Å². The predicted octanol–water partition coefficient (Wildman–Crippen LogP) is 7.40. The highest BCUT2D eigenvalue weighted by Crippen LogP contribution is 2.38. The van der Waals surface area contributed by atoms with Crippen molar-refractivity contribution in [3.05, 3.63) is 91.1 Å². The molecule has 0 spiro atoms. The van der Waals surface area contributed by atoms with Gasteiger partial charge in [0.15, 0.2) is 5.78 Å². The third kappa shape index (κ3) is 4.13. The van der Waals surface area contributed by atoms with E-state index in [1.807, 2.05) is 68.6 Å². The fourth-order valence-electron chi connectivity index (χ4n) is 4.47. The standard InChI is InChI=1S/C27H22Cl2N2O2S/c1-15-4-9-22(20(29)10-15)31-23-12-27(2,3)13-24(32)18(23)11-19(26(31)33)25-30-21(14-34-25)16-5-7-17(28)8-6-16/h4-11,14H,12-13H2,1-3H3. The summed E-state index contributed by atoms with van der Waals surface area (Å²) in [6, 6.07) is 14.7. The van der Waals surface area contributed by atoms with E-state index in [0.717, 1.165) is 16.8 Å². The van der Waals surface area contributed by atoms with Gasteiger partial charge in [0.25, 0.3) is 5.56 Å². The van der Waals surface area contributed by atoms with Crippen LogP contribution >= 0.6 is 34.5 Å². The second kappa shape index (κ2) is 8.49. The lowest BCUT2D eigenvalue weighted by Gasteiger charge is -2.32. The van der Waals surface area contributed by atoms with Gasteiger partial charge in [0.1, 0.15) is 5.01 Å². The topological polar surface area (TPSA) is 52.0 Å². The molecule has 4 nitrogen and oxygen atoms in total. The van der Waals surface area contributed by atoms with Crippen LogP contribution in [-0.2, 0) is 6.42 Å². The second-order valence-electron chi connectivity index (χ2n) is 9.50. The fourth-order valence-corrected chi connectivity index (χ4v) is 5.75. The summed E-state index contributed by atoms with van der Waals surface area (Å²) in [7, 11) is 0. The molecule has 7 heteroatoms. The molecule has 0 saturated heterocycles. The van der Waals surface area contributed by atoms with Crippen molar-refractivity contribution in [1.29, 1.82) is 0 Å². The molecule has 0 radical (unpaired) electrons. The minimum atomic E-state index is -0.250. The van der Waals surface area contributed by atoms with Gasteiger partial charge in [-0.05, 0) is 54.7 Å². The Morgan fingerprint density at radius 2 is 1.71 bits per heavy atom. The summed E-state index contributed by atoms with van der Waals surface area (Å²) in [5, 5.41) is 3.59. The number of rotatable bonds is 3. The maximum atomic E-state index is 13.9. The zero-order valence-electron chi connectivity index (χ0n) is 19.0. The highest BCUT2D eigenvalue weighted by Gasteiger charge is 2.35. The smallest absolute Gasteiger partial charge is 0.265 e. The van der Waals surface area contributed by atoms with Crippen LogP contribution in [0.1, 0.15) is 41.9 Å². The van der Waals surface area contributed by atoms with Gasteiger partial charge >= 0.3 is 0 Å². The van der Waals surface area contributed by atoms with Crippen LogP contribution in [0.4, 0.5) is 0 Å². The number of hydrogen-bond donors (Lipinski definition) is 0. The van der Waals surface area contributed by atoms with Gasteiger partial charge in [-0.15, -0.1) is 11.3 Å². The molecule has 0 amide bonds. The summed E-state index contributed by atoms with van der Waals surface area (Å²) in [6.07, 6.45) is 1.02. The summed E-state index contributed by atoms with van der Waals surface area (Å²) in [5.41, 5.74) is 4.42. The zero-order valence-corrected chi connectivity index (χ0v) is 21.3. The average Bonchev–Trinajstić information content (AvgIpc) is 3.24. The normalized spacial score (nSPS) is 14.8. The molecule has 1 aliphatic carbocycles. The first-order valence-electron chi connectivity index (χ1n) is 10.9. The van der Waals surface area contributed by atoms with Crippen LogP contribution < -0.4 is 5.56 Å². The van der Waals surface area contributed by atoms with Crippen LogP contribution in [0, 0.1) is 12.3 Å². The van der Waals surface area contributed by atoms with Gasteiger partial charge in [-0.25, -0.2) is 4.98 Å². The highest BCUT2D eigenvalue weighted by atomic mass is 35.5. The zero-order chi connectivity index (χ0) is 24.2. The molecule has 1 aliphatic rings. The van der Waals surface area contributed by atoms with E-state index in [-0.39, 0.29) is 16.8 Å². The van der Waals surface area contributed by atoms with Gasteiger partial charge in [-0.3, -0.25) is 14.2 Å². The number of carbonyl (C=O) groups excluding carboxylic acids is 1. The molecule has 172 valence electrons. The van der Waals surface area contributed by atoms with Crippen molar-refractivity contribution in [2.75, 3.05) is 0 Å². The number of Topliss-reactive ketones (excluding diaryl/α,β-unsaturated/α-hetero) is 1. The van der Waals surface area contributed by atoms with Crippen molar-refractivity contribution in [2.24, 2.45) is 5.41 Å². The monoisotopic (exact) mass is 508 g/mol. The van der Waals surface area contributed by atoms with Gasteiger partial charge in [0.05, 0.1) is 22.0 Å². The van der Waals surface area contributed by atoms with E-state index < -0.39 is 0 Å². The number of ketones is 1. The largest absolute Gasteiger partial charge is 0.294 e. The lowest BCUT2D eigenvalue weighted by atomic mass is 9.75. The lowest BCUT2D eigenvalue weighted by Crippen LogP contribution is -2.35. The Balaban J connectivity index is 1.74.